The quantitative estimate of drug-likeness (QED) is 0.649. The predicted octanol–water partition coefficient (Wildman–Crippen LogP) is 4.31. The van der Waals surface area contributed by atoms with Gasteiger partial charge in [0.2, 0.25) is 0 Å². The van der Waals surface area contributed by atoms with Gasteiger partial charge in [0.1, 0.15) is 0 Å². The summed E-state index contributed by atoms with van der Waals surface area (Å²) >= 11 is 0. The number of aryl methyl sites for hydroxylation is 3. The van der Waals surface area contributed by atoms with E-state index in [1.54, 1.807) is 14.2 Å². The second-order valence-electron chi connectivity index (χ2n) is 10.5. The number of amides is 1. The van der Waals surface area contributed by atoms with E-state index in [1.807, 2.05) is 44.3 Å². The number of ether oxygens (including phenoxy) is 2. The number of nitrogens with zero attached hydrogens (tertiary/aromatic N) is 3. The molecule has 1 aliphatic carbocycles. The molecule has 36 heavy (non-hydrogen) atoms. The Balaban J connectivity index is 1.82. The molecular weight excluding hydrogens is 454 g/mol. The lowest BCUT2D eigenvalue weighted by Crippen LogP contribution is -2.49. The van der Waals surface area contributed by atoms with Crippen molar-refractivity contribution in [3.05, 3.63) is 58.1 Å². The van der Waals surface area contributed by atoms with Gasteiger partial charge in [-0.2, -0.15) is 5.10 Å². The minimum absolute atomic E-state index is 0.253. The molecule has 0 saturated heterocycles. The van der Waals surface area contributed by atoms with Gasteiger partial charge in [0.25, 0.3) is 5.91 Å². The highest BCUT2D eigenvalue weighted by Crippen LogP contribution is 2.54. The minimum atomic E-state index is -1.08. The molecule has 0 radical (unpaired) electrons. The van der Waals surface area contributed by atoms with Crippen LogP contribution in [0.2, 0.25) is 0 Å². The van der Waals surface area contributed by atoms with E-state index in [9.17, 15) is 9.90 Å². The Hall–Kier alpha value is -2.90. The second-order valence-corrected chi connectivity index (χ2v) is 10.5. The summed E-state index contributed by atoms with van der Waals surface area (Å²) in [6.45, 7) is 4.78. The third-order valence-corrected chi connectivity index (χ3v) is 7.78. The molecule has 3 atom stereocenters. The van der Waals surface area contributed by atoms with E-state index >= 15 is 0 Å². The molecule has 7 nitrogen and oxygen atoms in total. The van der Waals surface area contributed by atoms with Gasteiger partial charge in [0.15, 0.2) is 17.7 Å². The lowest BCUT2D eigenvalue weighted by molar-refractivity contribution is -0.0232. The number of fused-ring (bicyclic) bond motifs is 3. The monoisotopic (exact) mass is 493 g/mol. The van der Waals surface area contributed by atoms with E-state index < -0.39 is 11.6 Å². The highest BCUT2D eigenvalue weighted by molar-refractivity contribution is 5.95. The lowest BCUT2D eigenvalue weighted by Gasteiger charge is -2.49. The smallest absolute Gasteiger partial charge is 0.276 e. The first-order valence-corrected chi connectivity index (χ1v) is 12.7. The molecule has 4 rings (SSSR count). The van der Waals surface area contributed by atoms with Crippen molar-refractivity contribution >= 4 is 12.1 Å². The zero-order chi connectivity index (χ0) is 26.0. The number of methoxy groups -OCH3 is 2. The van der Waals surface area contributed by atoms with E-state index in [0.717, 1.165) is 54.7 Å². The van der Waals surface area contributed by atoms with Crippen molar-refractivity contribution in [3.8, 4) is 11.5 Å². The minimum Gasteiger partial charge on any atom is -0.493 e. The van der Waals surface area contributed by atoms with Crippen molar-refractivity contribution in [2.24, 2.45) is 11.0 Å². The summed E-state index contributed by atoms with van der Waals surface area (Å²) < 4.78 is 11.6. The van der Waals surface area contributed by atoms with Crippen molar-refractivity contribution in [1.29, 1.82) is 0 Å². The topological polar surface area (TPSA) is 74.6 Å². The summed E-state index contributed by atoms with van der Waals surface area (Å²) in [5, 5.41) is 17.4. The Morgan fingerprint density at radius 3 is 2.53 bits per heavy atom. The number of hydrazone groups is 1. The molecule has 0 saturated carbocycles. The first-order chi connectivity index (χ1) is 17.2. The average molecular weight is 494 g/mol. The predicted molar refractivity (Wildman–Crippen MR) is 142 cm³/mol. The van der Waals surface area contributed by atoms with Gasteiger partial charge in [-0.3, -0.25) is 4.79 Å². The summed E-state index contributed by atoms with van der Waals surface area (Å²) in [4.78, 5) is 15.7. The van der Waals surface area contributed by atoms with Crippen LogP contribution in [0.25, 0.3) is 0 Å². The van der Waals surface area contributed by atoms with Gasteiger partial charge >= 0.3 is 0 Å². The fourth-order valence-electron chi connectivity index (χ4n) is 6.17. The van der Waals surface area contributed by atoms with Crippen LogP contribution in [0.5, 0.6) is 11.5 Å². The molecular formula is C29H39N3O4. The zero-order valence-corrected chi connectivity index (χ0v) is 22.4. The van der Waals surface area contributed by atoms with Crippen molar-refractivity contribution in [1.82, 2.24) is 9.91 Å². The molecule has 2 aromatic carbocycles. The normalized spacial score (nSPS) is 24.4. The summed E-state index contributed by atoms with van der Waals surface area (Å²) in [5.41, 5.74) is 4.46. The number of benzene rings is 2. The Morgan fingerprint density at radius 2 is 1.89 bits per heavy atom. The number of hydrogen-bond acceptors (Lipinski definition) is 6. The van der Waals surface area contributed by atoms with Crippen LogP contribution >= 0.6 is 0 Å². The number of aliphatic hydroxyl groups excluding tert-OH is 1. The fourth-order valence-corrected chi connectivity index (χ4v) is 6.17. The molecule has 0 spiro atoms. The van der Waals surface area contributed by atoms with Crippen molar-refractivity contribution < 1.29 is 19.4 Å². The highest BCUT2D eigenvalue weighted by Gasteiger charge is 2.49. The highest BCUT2D eigenvalue weighted by atomic mass is 16.5. The first kappa shape index (κ1) is 26.2. The maximum atomic E-state index is 13.6. The van der Waals surface area contributed by atoms with Gasteiger partial charge in [0, 0.05) is 29.2 Å². The molecule has 1 N–H and O–H groups in total. The third-order valence-electron chi connectivity index (χ3n) is 7.78. The van der Waals surface area contributed by atoms with Gasteiger partial charge in [0.05, 0.1) is 14.2 Å². The Labute approximate surface area is 214 Å². The Kier molecular flexibility index (Phi) is 7.71. The summed E-state index contributed by atoms with van der Waals surface area (Å²) in [7, 11) is 7.46. The van der Waals surface area contributed by atoms with Crippen LogP contribution in [0, 0.1) is 19.8 Å². The van der Waals surface area contributed by atoms with Crippen LogP contribution in [0.15, 0.2) is 35.4 Å². The molecule has 1 heterocycles. The van der Waals surface area contributed by atoms with E-state index in [-0.39, 0.29) is 11.8 Å². The van der Waals surface area contributed by atoms with E-state index in [0.29, 0.717) is 17.7 Å². The van der Waals surface area contributed by atoms with Crippen LogP contribution in [0.4, 0.5) is 0 Å². The molecule has 2 aromatic rings. The Morgan fingerprint density at radius 1 is 1.17 bits per heavy atom. The Bertz CT molecular complexity index is 1130. The zero-order valence-electron chi connectivity index (χ0n) is 22.4. The fraction of sp³-hybridized carbons (Fsp3) is 0.517. The number of carbonyl (C=O) groups is 1. The van der Waals surface area contributed by atoms with Crippen molar-refractivity contribution in [2.45, 2.75) is 57.6 Å². The molecule has 194 valence electrons. The maximum absolute atomic E-state index is 13.6. The average Bonchev–Trinajstić information content (AvgIpc) is 2.83. The third kappa shape index (κ3) is 4.87. The van der Waals surface area contributed by atoms with Crippen LogP contribution < -0.4 is 9.47 Å². The molecule has 2 aliphatic rings. The van der Waals surface area contributed by atoms with Crippen LogP contribution in [0.1, 0.15) is 58.3 Å². The van der Waals surface area contributed by atoms with E-state index in [4.69, 9.17) is 9.47 Å². The molecule has 1 amide bonds. The molecule has 2 unspecified atom stereocenters. The molecule has 1 aliphatic heterocycles. The van der Waals surface area contributed by atoms with E-state index in [1.165, 1.54) is 10.6 Å². The largest absolute Gasteiger partial charge is 0.493 e. The first-order valence-electron chi connectivity index (χ1n) is 12.7. The van der Waals surface area contributed by atoms with E-state index in [2.05, 4.69) is 30.2 Å². The van der Waals surface area contributed by atoms with Gasteiger partial charge in [-0.05, 0) is 89.9 Å². The van der Waals surface area contributed by atoms with Gasteiger partial charge in [-0.25, -0.2) is 5.01 Å². The van der Waals surface area contributed by atoms with Gasteiger partial charge in [-0.15, -0.1) is 0 Å². The van der Waals surface area contributed by atoms with Crippen LogP contribution in [0.3, 0.4) is 0 Å². The summed E-state index contributed by atoms with van der Waals surface area (Å²) in [6, 6.07) is 9.83. The molecule has 0 bridgehead atoms. The van der Waals surface area contributed by atoms with Crippen LogP contribution in [-0.4, -0.2) is 68.2 Å². The standard InChI is InChI=1S/C29H39N3O4/c1-19-15-20(2)17-22(16-19)28(34)32-25(33)18-29(12-14-31(3)4)23(11-13-30-32)9-7-21-8-10-24(35-5)27(36-6)26(21)29/h8,10,13,15-17,23,25,33H,7,9,11-12,14,18H2,1-6H3/b30-13-/t23?,25?,29-/m1/s1. The number of carbonyl (C=O) groups excluding carboxylic acids is 1. The van der Waals surface area contributed by atoms with Crippen molar-refractivity contribution in [3.63, 3.8) is 0 Å². The summed E-state index contributed by atoms with van der Waals surface area (Å²) in [6.07, 6.45) is 4.56. The molecule has 0 fully saturated rings. The summed E-state index contributed by atoms with van der Waals surface area (Å²) in [5.74, 6) is 1.38. The molecule has 0 aromatic heterocycles. The van der Waals surface area contributed by atoms with Gasteiger partial charge < -0.3 is 19.5 Å². The second kappa shape index (κ2) is 10.6. The van der Waals surface area contributed by atoms with Crippen molar-refractivity contribution in [2.75, 3.05) is 34.9 Å². The SMILES string of the molecule is COc1ccc2c(c1OC)[C@]1(CCN(C)C)CC(O)N(C(=O)c3cc(C)cc(C)c3)/N=C\CC1CC2. The lowest BCUT2D eigenvalue weighted by atomic mass is 9.58. The van der Waals surface area contributed by atoms with Crippen LogP contribution in [-0.2, 0) is 11.8 Å². The number of aliphatic hydroxyl groups is 1. The number of hydrogen-bond donors (Lipinski definition) is 1. The molecule has 7 heteroatoms. The maximum Gasteiger partial charge on any atom is 0.276 e. The number of rotatable bonds is 6. The van der Waals surface area contributed by atoms with Gasteiger partial charge in [-0.1, -0.05) is 23.3 Å².